The molecule has 9 heteroatoms. The van der Waals surface area contributed by atoms with Gasteiger partial charge in [0, 0.05) is 41.9 Å². The second kappa shape index (κ2) is 14.0. The third kappa shape index (κ3) is 7.74. The molecule has 1 aliphatic heterocycles. The number of aliphatic hydroxyl groups excluding tert-OH is 2. The number of fused-ring (bicyclic) bond motifs is 1. The minimum Gasteiger partial charge on any atom is -0.508 e. The van der Waals surface area contributed by atoms with Crippen LogP contribution in [0.5, 0.6) is 5.75 Å². The van der Waals surface area contributed by atoms with E-state index in [0.717, 1.165) is 24.2 Å². The predicted octanol–water partition coefficient (Wildman–Crippen LogP) is 4.45. The van der Waals surface area contributed by atoms with Crippen molar-refractivity contribution < 1.29 is 24.9 Å². The van der Waals surface area contributed by atoms with E-state index in [2.05, 4.69) is 17.1 Å². The molecule has 2 aliphatic rings. The zero-order chi connectivity index (χ0) is 31.4. The van der Waals surface area contributed by atoms with Crippen LogP contribution in [0, 0.1) is 18.3 Å². The van der Waals surface area contributed by atoms with Gasteiger partial charge in [-0.3, -0.25) is 14.5 Å². The monoisotopic (exact) mass is 611 g/mol. The van der Waals surface area contributed by atoms with Gasteiger partial charge in [0.1, 0.15) is 5.75 Å². The maximum absolute atomic E-state index is 14.0. The summed E-state index contributed by atoms with van der Waals surface area (Å²) >= 11 is 1.55. The number of likely N-dealkylation sites (tertiary alicyclic amines) is 1. The number of carbonyl (C=O) groups is 2. The summed E-state index contributed by atoms with van der Waals surface area (Å²) in [6, 6.07) is 13.7. The first-order valence-electron chi connectivity index (χ1n) is 15.4. The quantitative estimate of drug-likeness (QED) is 0.278. The number of nitrogens with zero attached hydrogens (tertiary/aromatic N) is 2. The molecule has 0 bridgehead atoms. The molecule has 5 atom stereocenters. The number of benzene rings is 2. The number of phenolic OH excluding ortho intramolecular Hbond substituents is 1. The molecule has 4 N–H and O–H groups in total. The highest BCUT2D eigenvalue weighted by atomic mass is 32.2. The Morgan fingerprint density at radius 1 is 1.16 bits per heavy atom. The molecule has 4 rings (SSSR count). The third-order valence-electron chi connectivity index (χ3n) is 9.93. The average Bonchev–Trinajstić information content (AvgIpc) is 2.99. The van der Waals surface area contributed by atoms with E-state index in [0.29, 0.717) is 35.8 Å². The molecule has 0 unspecified atom stereocenters. The maximum Gasteiger partial charge on any atom is 0.252 e. The Morgan fingerprint density at radius 2 is 1.88 bits per heavy atom. The number of rotatable bonds is 11. The second-order valence-electron chi connectivity index (χ2n) is 13.4. The fraction of sp³-hybridized carbons (Fsp3) is 0.588. The molecule has 1 saturated heterocycles. The van der Waals surface area contributed by atoms with Gasteiger partial charge in [-0.25, -0.2) is 0 Å². The van der Waals surface area contributed by atoms with Crippen molar-refractivity contribution in [1.82, 2.24) is 15.1 Å². The number of amides is 2. The summed E-state index contributed by atoms with van der Waals surface area (Å²) in [6.07, 6.45) is 4.27. The zero-order valence-electron chi connectivity index (χ0n) is 26.3. The van der Waals surface area contributed by atoms with Crippen molar-refractivity contribution in [2.75, 3.05) is 32.5 Å². The Labute approximate surface area is 260 Å². The van der Waals surface area contributed by atoms with Crippen LogP contribution in [0.4, 0.5) is 0 Å². The second-order valence-corrected chi connectivity index (χ2v) is 14.5. The minimum absolute atomic E-state index is 0.0449. The number of aromatic hydroxyl groups is 1. The first-order chi connectivity index (χ1) is 20.4. The minimum atomic E-state index is -0.947. The van der Waals surface area contributed by atoms with E-state index in [1.165, 1.54) is 6.42 Å². The summed E-state index contributed by atoms with van der Waals surface area (Å²) in [5, 5.41) is 35.0. The van der Waals surface area contributed by atoms with Crippen molar-refractivity contribution in [3.63, 3.8) is 0 Å². The van der Waals surface area contributed by atoms with Crippen molar-refractivity contribution in [2.45, 2.75) is 88.4 Å². The molecule has 1 aliphatic carbocycles. The molecule has 2 fully saturated rings. The standard InChI is InChI=1S/C34H49N3O5S/c1-23-26(15-11-16-29(23)39)31(41)35-27(21-43-25-13-7-6-8-14-25)30(40)20-37-19-24-12-9-10-17-34(24,4)18-28(37)32(42)36(5)33(2,3)22-38/h6-8,11,13-16,24,27-28,30,38-40H,9-10,12,17-22H2,1-5H3,(H,35,41)/t24-,27+,28+,30-,34+/m1/s1. The van der Waals surface area contributed by atoms with Gasteiger partial charge in [0.05, 0.1) is 30.3 Å². The summed E-state index contributed by atoms with van der Waals surface area (Å²) < 4.78 is 0. The molecule has 0 radical (unpaired) electrons. The molecule has 2 aromatic rings. The molecule has 43 heavy (non-hydrogen) atoms. The van der Waals surface area contributed by atoms with Gasteiger partial charge in [0.2, 0.25) is 5.91 Å². The summed E-state index contributed by atoms with van der Waals surface area (Å²) in [7, 11) is 1.75. The van der Waals surface area contributed by atoms with Gasteiger partial charge >= 0.3 is 0 Å². The van der Waals surface area contributed by atoms with Gasteiger partial charge in [0.25, 0.3) is 5.91 Å². The van der Waals surface area contributed by atoms with E-state index >= 15 is 0 Å². The fourth-order valence-corrected chi connectivity index (χ4v) is 7.57. The van der Waals surface area contributed by atoms with Crippen LogP contribution in [0.2, 0.25) is 0 Å². The van der Waals surface area contributed by atoms with Crippen LogP contribution in [0.1, 0.15) is 68.8 Å². The molecular weight excluding hydrogens is 562 g/mol. The smallest absolute Gasteiger partial charge is 0.252 e. The molecule has 8 nitrogen and oxygen atoms in total. The molecule has 0 spiro atoms. The summed E-state index contributed by atoms with van der Waals surface area (Å²) in [5.74, 6) is 0.492. The largest absolute Gasteiger partial charge is 0.508 e. The molecular formula is C34H49N3O5S. The number of piperidine rings is 1. The van der Waals surface area contributed by atoms with E-state index in [4.69, 9.17) is 0 Å². The predicted molar refractivity (Wildman–Crippen MR) is 171 cm³/mol. The number of phenols is 1. The zero-order valence-corrected chi connectivity index (χ0v) is 27.1. The maximum atomic E-state index is 14.0. The number of nitrogens with one attached hydrogen (secondary N) is 1. The fourth-order valence-electron chi connectivity index (χ4n) is 6.54. The number of aliphatic hydroxyl groups is 2. The summed E-state index contributed by atoms with van der Waals surface area (Å²) in [4.78, 5) is 32.3. The van der Waals surface area contributed by atoms with Crippen LogP contribution in [0.25, 0.3) is 0 Å². The van der Waals surface area contributed by atoms with Crippen LogP contribution in [-0.2, 0) is 4.79 Å². The number of thioether (sulfide) groups is 1. The van der Waals surface area contributed by atoms with E-state index in [-0.39, 0.29) is 36.1 Å². The van der Waals surface area contributed by atoms with E-state index in [1.54, 1.807) is 48.8 Å². The van der Waals surface area contributed by atoms with Crippen LogP contribution in [0.3, 0.4) is 0 Å². The summed E-state index contributed by atoms with van der Waals surface area (Å²) in [5.41, 5.74) is 0.178. The van der Waals surface area contributed by atoms with Crippen molar-refractivity contribution in [2.24, 2.45) is 11.3 Å². The SMILES string of the molecule is Cc1c(O)cccc1C(=O)N[C@@H](CSc1ccccc1)[C@H](O)CN1C[C@H]2CCCC[C@@]2(C)C[C@H]1C(=O)N(C)C(C)(C)CO. The van der Waals surface area contributed by atoms with Gasteiger partial charge in [-0.15, -0.1) is 11.8 Å². The van der Waals surface area contributed by atoms with Crippen LogP contribution >= 0.6 is 11.8 Å². The molecule has 2 aromatic carbocycles. The highest BCUT2D eigenvalue weighted by molar-refractivity contribution is 7.99. The highest BCUT2D eigenvalue weighted by Gasteiger charge is 2.49. The third-order valence-corrected chi connectivity index (χ3v) is 11.1. The normalized spacial score (nSPS) is 24.1. The van der Waals surface area contributed by atoms with Crippen molar-refractivity contribution in [1.29, 1.82) is 0 Å². The Hall–Kier alpha value is -2.59. The van der Waals surface area contributed by atoms with E-state index in [9.17, 15) is 24.9 Å². The van der Waals surface area contributed by atoms with Gasteiger partial charge in [-0.2, -0.15) is 0 Å². The molecule has 236 valence electrons. The lowest BCUT2D eigenvalue weighted by Crippen LogP contribution is -2.63. The van der Waals surface area contributed by atoms with Gasteiger partial charge in [-0.05, 0) is 75.6 Å². The Bertz CT molecular complexity index is 1260. The molecule has 0 aromatic heterocycles. The van der Waals surface area contributed by atoms with Crippen LogP contribution < -0.4 is 5.32 Å². The lowest BCUT2D eigenvalue weighted by Gasteiger charge is -2.53. The Balaban J connectivity index is 1.59. The number of carbonyl (C=O) groups excluding carboxylic acids is 2. The van der Waals surface area contributed by atoms with Crippen LogP contribution in [-0.4, -0.2) is 93.2 Å². The number of likely N-dealkylation sites (N-methyl/N-ethyl adjacent to an activating group) is 1. The average molecular weight is 612 g/mol. The highest BCUT2D eigenvalue weighted by Crippen LogP contribution is 2.49. The Morgan fingerprint density at radius 3 is 2.58 bits per heavy atom. The lowest BCUT2D eigenvalue weighted by molar-refractivity contribution is -0.149. The first-order valence-corrected chi connectivity index (χ1v) is 16.4. The molecule has 1 heterocycles. The van der Waals surface area contributed by atoms with Gasteiger partial charge in [0.15, 0.2) is 0 Å². The number of hydrogen-bond acceptors (Lipinski definition) is 7. The molecule has 1 saturated carbocycles. The number of β-amino-alcohol motifs (C(OH)–C–C–N with tert-alkyl or cyclic N) is 1. The molecule has 2 amide bonds. The van der Waals surface area contributed by atoms with E-state index < -0.39 is 23.7 Å². The van der Waals surface area contributed by atoms with Gasteiger partial charge in [-0.1, -0.05) is 44.0 Å². The van der Waals surface area contributed by atoms with Crippen molar-refractivity contribution in [3.05, 3.63) is 59.7 Å². The van der Waals surface area contributed by atoms with E-state index in [1.807, 2.05) is 44.2 Å². The Kier molecular flexibility index (Phi) is 10.9. The van der Waals surface area contributed by atoms with Crippen molar-refractivity contribution >= 4 is 23.6 Å². The van der Waals surface area contributed by atoms with Crippen molar-refractivity contribution in [3.8, 4) is 5.75 Å². The van der Waals surface area contributed by atoms with Gasteiger partial charge < -0.3 is 25.5 Å². The lowest BCUT2D eigenvalue weighted by atomic mass is 9.62. The first kappa shape index (κ1) is 33.3. The van der Waals surface area contributed by atoms with Crippen LogP contribution in [0.15, 0.2) is 53.4 Å². The summed E-state index contributed by atoms with van der Waals surface area (Å²) in [6.45, 7) is 8.50. The number of hydrogen-bond donors (Lipinski definition) is 4. The topological polar surface area (TPSA) is 113 Å².